The molecular formula is C34H30F2N6O5. The maximum atomic E-state index is 15.2. The van der Waals surface area contributed by atoms with Gasteiger partial charge in [-0.3, -0.25) is 19.0 Å². The number of carbonyl (C=O) groups is 1. The normalized spacial score (nSPS) is 13.6. The third-order valence-corrected chi connectivity index (χ3v) is 8.06. The summed E-state index contributed by atoms with van der Waals surface area (Å²) in [6.07, 6.45) is 3.27. The Morgan fingerprint density at radius 1 is 1.06 bits per heavy atom. The molecule has 3 aromatic heterocycles. The minimum atomic E-state index is -0.803. The molecule has 1 fully saturated rings. The molecule has 0 radical (unpaired) electrons. The summed E-state index contributed by atoms with van der Waals surface area (Å²) < 4.78 is 35.9. The Labute approximate surface area is 267 Å². The largest absolute Gasteiger partial charge is 0.392 e. The highest BCUT2D eigenvalue weighted by Crippen LogP contribution is 2.29. The fraction of sp³-hybridized carbons (Fsp3) is 0.206. The van der Waals surface area contributed by atoms with Crippen LogP contribution in [0.25, 0.3) is 33.3 Å². The Balaban J connectivity index is 1.36. The van der Waals surface area contributed by atoms with Gasteiger partial charge in [0.25, 0.3) is 17.0 Å². The molecule has 1 aliphatic rings. The Kier molecular flexibility index (Phi) is 8.74. The zero-order chi connectivity index (χ0) is 33.2. The molecule has 1 amide bonds. The zero-order valence-electron chi connectivity index (χ0n) is 25.5. The van der Waals surface area contributed by atoms with Gasteiger partial charge in [-0.2, -0.15) is 5.10 Å². The first-order valence-corrected chi connectivity index (χ1v) is 14.7. The summed E-state index contributed by atoms with van der Waals surface area (Å²) in [6, 6.07) is 13.8. The van der Waals surface area contributed by atoms with E-state index < -0.39 is 23.5 Å². The topological polar surface area (TPSA) is 132 Å². The van der Waals surface area contributed by atoms with Crippen molar-refractivity contribution in [2.75, 3.05) is 31.6 Å². The number of carbonyl (C=O) groups excluding carboxylic acids is 1. The number of nitrogens with zero attached hydrogens (tertiary/aromatic N) is 5. The van der Waals surface area contributed by atoms with Crippen LogP contribution in [-0.4, -0.2) is 61.5 Å². The fourth-order valence-corrected chi connectivity index (χ4v) is 5.53. The smallest absolute Gasteiger partial charge is 0.290 e. The second-order valence-corrected chi connectivity index (χ2v) is 11.0. The SMILES string of the molecule is C/C(=C\F)c1cc(F)c2c(=O)n(-c3cccc(-c4cc(Nc5ccc(C(=O)N6CCOCC6)cn5)c(=O)n(C)n4)c3CO)ccc2c1. The van der Waals surface area contributed by atoms with Crippen molar-refractivity contribution in [2.45, 2.75) is 13.5 Å². The Hall–Kier alpha value is -5.53. The Morgan fingerprint density at radius 3 is 2.55 bits per heavy atom. The quantitative estimate of drug-likeness (QED) is 0.269. The van der Waals surface area contributed by atoms with Gasteiger partial charge in [0.1, 0.15) is 17.3 Å². The van der Waals surface area contributed by atoms with Gasteiger partial charge in [-0.05, 0) is 65.9 Å². The van der Waals surface area contributed by atoms with Crippen LogP contribution < -0.4 is 16.4 Å². The van der Waals surface area contributed by atoms with E-state index in [0.717, 1.165) is 10.7 Å². The number of hydrogen-bond acceptors (Lipinski definition) is 8. The average Bonchev–Trinajstić information content (AvgIpc) is 3.09. The molecule has 1 saturated heterocycles. The monoisotopic (exact) mass is 640 g/mol. The number of benzene rings is 2. The van der Waals surface area contributed by atoms with Crippen LogP contribution in [0.1, 0.15) is 28.4 Å². The van der Waals surface area contributed by atoms with Gasteiger partial charge >= 0.3 is 0 Å². The van der Waals surface area contributed by atoms with Gasteiger partial charge < -0.3 is 20.1 Å². The zero-order valence-corrected chi connectivity index (χ0v) is 25.5. The molecule has 1 aliphatic heterocycles. The molecule has 0 saturated carbocycles. The van der Waals surface area contributed by atoms with Crippen molar-refractivity contribution < 1.29 is 23.4 Å². The van der Waals surface area contributed by atoms with Gasteiger partial charge in [-0.1, -0.05) is 12.1 Å². The number of morpholine rings is 1. The van der Waals surface area contributed by atoms with Crippen LogP contribution in [0, 0.1) is 5.82 Å². The van der Waals surface area contributed by atoms with Crippen LogP contribution in [0.2, 0.25) is 0 Å². The number of ether oxygens (including phenoxy) is 1. The van der Waals surface area contributed by atoms with Crippen molar-refractivity contribution in [3.63, 3.8) is 0 Å². The van der Waals surface area contributed by atoms with E-state index in [-0.39, 0.29) is 28.2 Å². The van der Waals surface area contributed by atoms with Crippen molar-refractivity contribution in [1.29, 1.82) is 0 Å². The second kappa shape index (κ2) is 13.1. The number of fused-ring (bicyclic) bond motifs is 1. The number of halogens is 2. The number of hydrogen-bond donors (Lipinski definition) is 2. The minimum absolute atomic E-state index is 0.130. The van der Waals surface area contributed by atoms with E-state index in [1.807, 2.05) is 0 Å². The van der Waals surface area contributed by atoms with Crippen LogP contribution in [0.4, 0.5) is 20.3 Å². The number of aromatic nitrogens is 4. The maximum Gasteiger partial charge on any atom is 0.290 e. The first-order chi connectivity index (χ1) is 22.7. The molecule has 2 N–H and O–H groups in total. The van der Waals surface area contributed by atoms with Gasteiger partial charge in [0.15, 0.2) is 0 Å². The number of amides is 1. The van der Waals surface area contributed by atoms with Crippen LogP contribution in [0.15, 0.2) is 82.9 Å². The first kappa shape index (κ1) is 31.5. The number of pyridine rings is 2. The maximum absolute atomic E-state index is 15.2. The van der Waals surface area contributed by atoms with Crippen LogP contribution in [0.5, 0.6) is 0 Å². The lowest BCUT2D eigenvalue weighted by molar-refractivity contribution is 0.0302. The summed E-state index contributed by atoms with van der Waals surface area (Å²) in [4.78, 5) is 45.4. The Morgan fingerprint density at radius 2 is 1.85 bits per heavy atom. The van der Waals surface area contributed by atoms with E-state index in [9.17, 15) is 23.9 Å². The molecule has 0 atom stereocenters. The van der Waals surface area contributed by atoms with Gasteiger partial charge in [0.2, 0.25) is 0 Å². The molecule has 240 valence electrons. The third kappa shape index (κ3) is 6.05. The summed E-state index contributed by atoms with van der Waals surface area (Å²) in [7, 11) is 1.47. The highest BCUT2D eigenvalue weighted by atomic mass is 19.1. The van der Waals surface area contributed by atoms with Gasteiger partial charge in [0, 0.05) is 43.7 Å². The fourth-order valence-electron chi connectivity index (χ4n) is 5.53. The van der Waals surface area contributed by atoms with Crippen LogP contribution in [0.3, 0.4) is 0 Å². The lowest BCUT2D eigenvalue weighted by atomic mass is 10.0. The first-order valence-electron chi connectivity index (χ1n) is 14.7. The molecule has 11 nitrogen and oxygen atoms in total. The van der Waals surface area contributed by atoms with E-state index in [4.69, 9.17) is 4.74 Å². The highest BCUT2D eigenvalue weighted by Gasteiger charge is 2.20. The molecule has 2 aromatic carbocycles. The summed E-state index contributed by atoms with van der Waals surface area (Å²) >= 11 is 0. The van der Waals surface area contributed by atoms with Gasteiger partial charge in [0.05, 0.1) is 48.5 Å². The molecule has 6 rings (SSSR count). The minimum Gasteiger partial charge on any atom is -0.392 e. The van der Waals surface area contributed by atoms with Crippen molar-refractivity contribution in [3.8, 4) is 16.9 Å². The standard InChI is InChI=1S/C34H30F2N6O5/c1-20(17-35)23-14-21-8-9-42(34(46)31(21)26(36)15-23)29-5-3-4-24(25(29)19-43)27-16-28(33(45)40(2)39-27)38-30-7-6-22(18-37-30)32(44)41-10-12-47-13-11-41/h3-9,14-18,43H,10-13,19H2,1-2H3,(H,37,38)/b20-17+. The molecule has 4 heterocycles. The van der Waals surface area contributed by atoms with E-state index in [1.54, 1.807) is 41.3 Å². The molecule has 0 spiro atoms. The summed E-state index contributed by atoms with van der Waals surface area (Å²) in [5, 5.41) is 18.0. The number of aryl methyl sites for hydroxylation is 1. The molecular weight excluding hydrogens is 610 g/mol. The number of rotatable bonds is 7. The van der Waals surface area contributed by atoms with Crippen LogP contribution >= 0.6 is 0 Å². The Bertz CT molecular complexity index is 2150. The highest BCUT2D eigenvalue weighted by molar-refractivity contribution is 5.94. The predicted octanol–water partition coefficient (Wildman–Crippen LogP) is 4.32. The molecule has 47 heavy (non-hydrogen) atoms. The number of aliphatic hydroxyl groups excluding tert-OH is 1. The summed E-state index contributed by atoms with van der Waals surface area (Å²) in [5.41, 5.74) is 1.26. The lowest BCUT2D eigenvalue weighted by Gasteiger charge is -2.26. The molecule has 0 unspecified atom stereocenters. The van der Waals surface area contributed by atoms with E-state index in [1.165, 1.54) is 43.1 Å². The number of aliphatic hydroxyl groups is 1. The average molecular weight is 641 g/mol. The van der Waals surface area contributed by atoms with Crippen molar-refractivity contribution in [2.24, 2.45) is 7.05 Å². The second-order valence-electron chi connectivity index (χ2n) is 11.0. The van der Waals surface area contributed by atoms with Gasteiger partial charge in [-0.25, -0.2) is 18.4 Å². The molecule has 0 bridgehead atoms. The number of anilines is 2. The summed E-state index contributed by atoms with van der Waals surface area (Å²) in [6.45, 7) is 2.94. The number of allylic oxidation sites excluding steroid dienone is 1. The van der Waals surface area contributed by atoms with Gasteiger partial charge in [-0.15, -0.1) is 0 Å². The van der Waals surface area contributed by atoms with Crippen molar-refractivity contribution >= 4 is 33.8 Å². The molecule has 13 heteroatoms. The number of nitrogens with one attached hydrogen (secondary N) is 1. The van der Waals surface area contributed by atoms with Crippen molar-refractivity contribution in [1.82, 2.24) is 24.2 Å². The third-order valence-electron chi connectivity index (χ3n) is 8.06. The molecule has 5 aromatic rings. The predicted molar refractivity (Wildman–Crippen MR) is 173 cm³/mol. The van der Waals surface area contributed by atoms with E-state index >= 15 is 4.39 Å². The molecule has 0 aliphatic carbocycles. The van der Waals surface area contributed by atoms with E-state index in [0.29, 0.717) is 71.8 Å². The van der Waals surface area contributed by atoms with Crippen molar-refractivity contribution in [3.05, 3.63) is 117 Å². The van der Waals surface area contributed by atoms with E-state index in [2.05, 4.69) is 15.4 Å². The van der Waals surface area contributed by atoms with Crippen LogP contribution in [-0.2, 0) is 18.4 Å². The summed E-state index contributed by atoms with van der Waals surface area (Å²) in [5.74, 6) is -0.644. The lowest BCUT2D eigenvalue weighted by Crippen LogP contribution is -2.40.